The van der Waals surface area contributed by atoms with Gasteiger partial charge in [0.05, 0.1) is 11.1 Å². The zero-order valence-corrected chi connectivity index (χ0v) is 11.9. The van der Waals surface area contributed by atoms with Gasteiger partial charge in [0.2, 0.25) is 0 Å². The fourth-order valence-corrected chi connectivity index (χ4v) is 2.49. The summed E-state index contributed by atoms with van der Waals surface area (Å²) in [5.74, 6) is -0.869. The average Bonchev–Trinajstić information content (AvgIpc) is 2.89. The van der Waals surface area contributed by atoms with Gasteiger partial charge in [-0.05, 0) is 18.2 Å². The second-order valence-corrected chi connectivity index (χ2v) is 5.20. The third-order valence-corrected chi connectivity index (χ3v) is 3.48. The normalized spacial score (nSPS) is 13.6. The van der Waals surface area contributed by atoms with Crippen LogP contribution in [-0.4, -0.2) is 21.6 Å². The molecule has 0 unspecified atom stereocenters. The zero-order chi connectivity index (χ0) is 14.4. The highest BCUT2D eigenvalue weighted by Crippen LogP contribution is 2.30. The zero-order valence-electron chi connectivity index (χ0n) is 10.3. The number of aromatic nitrogens is 2. The average molecular weight is 331 g/mol. The summed E-state index contributed by atoms with van der Waals surface area (Å²) in [6, 6.07) is 6.79. The van der Waals surface area contributed by atoms with Crippen LogP contribution in [0, 0.1) is 11.3 Å². The number of anilines is 1. The van der Waals surface area contributed by atoms with Crippen molar-refractivity contribution in [2.75, 3.05) is 4.90 Å². The Labute approximate surface area is 122 Å². The molecule has 0 atom stereocenters. The van der Waals surface area contributed by atoms with Crippen LogP contribution < -0.4 is 4.90 Å². The third-order valence-electron chi connectivity index (χ3n) is 2.99. The van der Waals surface area contributed by atoms with Crippen molar-refractivity contribution in [1.29, 1.82) is 5.26 Å². The molecule has 1 aliphatic heterocycles. The van der Waals surface area contributed by atoms with Crippen molar-refractivity contribution in [3.05, 3.63) is 45.6 Å². The van der Waals surface area contributed by atoms with Crippen molar-refractivity contribution in [1.82, 2.24) is 9.78 Å². The number of rotatable bonds is 1. The maximum atomic E-state index is 12.4. The lowest BCUT2D eigenvalue weighted by Gasteiger charge is -2.10. The molecule has 6 nitrogen and oxygen atoms in total. The topological polar surface area (TPSA) is 79.0 Å². The van der Waals surface area contributed by atoms with E-state index in [1.165, 1.54) is 10.9 Å². The number of hydrogen-bond donors (Lipinski definition) is 0. The standard InChI is InChI=1S/C13H7BrN4O2/c1-17-6-7(5-15)11(16-17)18-12(19)9-3-2-8(14)4-10(9)13(18)20/h2-4,6H,1H3. The molecule has 2 aromatic rings. The van der Waals surface area contributed by atoms with E-state index in [2.05, 4.69) is 21.0 Å². The molecule has 0 aliphatic carbocycles. The number of fused-ring (bicyclic) bond motifs is 1. The van der Waals surface area contributed by atoms with Gasteiger partial charge in [0, 0.05) is 17.7 Å². The molecule has 0 spiro atoms. The number of imide groups is 1. The second-order valence-electron chi connectivity index (χ2n) is 4.29. The van der Waals surface area contributed by atoms with Crippen LogP contribution in [0.25, 0.3) is 0 Å². The number of carbonyl (C=O) groups is 2. The first-order valence-electron chi connectivity index (χ1n) is 5.65. The number of benzene rings is 1. The van der Waals surface area contributed by atoms with E-state index in [-0.39, 0.29) is 11.4 Å². The van der Waals surface area contributed by atoms with Gasteiger partial charge in [0.15, 0.2) is 5.82 Å². The molecule has 0 bridgehead atoms. The van der Waals surface area contributed by atoms with Gasteiger partial charge in [0.25, 0.3) is 11.8 Å². The number of aryl methyl sites for hydroxylation is 1. The second kappa shape index (κ2) is 4.28. The molecule has 98 valence electrons. The third kappa shape index (κ3) is 1.66. The molecule has 2 heterocycles. The number of halogens is 1. The molecule has 7 heteroatoms. The fourth-order valence-electron chi connectivity index (χ4n) is 2.13. The number of nitriles is 1. The number of carbonyl (C=O) groups excluding carboxylic acids is 2. The van der Waals surface area contributed by atoms with Crippen LogP contribution in [0.5, 0.6) is 0 Å². The van der Waals surface area contributed by atoms with Crippen LogP contribution in [0.15, 0.2) is 28.9 Å². The minimum atomic E-state index is -0.471. The monoisotopic (exact) mass is 330 g/mol. The molecular formula is C13H7BrN4O2. The maximum absolute atomic E-state index is 12.4. The van der Waals surface area contributed by atoms with E-state index in [4.69, 9.17) is 5.26 Å². The van der Waals surface area contributed by atoms with Crippen molar-refractivity contribution in [2.24, 2.45) is 7.05 Å². The van der Waals surface area contributed by atoms with E-state index >= 15 is 0 Å². The molecule has 0 saturated heterocycles. The summed E-state index contributed by atoms with van der Waals surface area (Å²) in [6.45, 7) is 0. The van der Waals surface area contributed by atoms with Crippen molar-refractivity contribution < 1.29 is 9.59 Å². The number of amides is 2. The Kier molecular flexibility index (Phi) is 2.69. The van der Waals surface area contributed by atoms with Crippen molar-refractivity contribution in [3.8, 4) is 6.07 Å². The molecule has 1 aromatic carbocycles. The molecule has 0 N–H and O–H groups in total. The first-order valence-corrected chi connectivity index (χ1v) is 6.44. The van der Waals surface area contributed by atoms with Crippen molar-refractivity contribution in [2.45, 2.75) is 0 Å². The summed E-state index contributed by atoms with van der Waals surface area (Å²) < 4.78 is 2.11. The smallest absolute Gasteiger partial charge is 0.267 e. The highest BCUT2D eigenvalue weighted by atomic mass is 79.9. The Morgan fingerprint density at radius 1 is 1.25 bits per heavy atom. The number of nitrogens with zero attached hydrogens (tertiary/aromatic N) is 4. The summed E-state index contributed by atoms with van der Waals surface area (Å²) in [7, 11) is 1.62. The van der Waals surface area contributed by atoms with E-state index in [9.17, 15) is 9.59 Å². The predicted molar refractivity (Wildman–Crippen MR) is 73.2 cm³/mol. The lowest BCUT2D eigenvalue weighted by molar-refractivity contribution is 0.0925. The van der Waals surface area contributed by atoms with Gasteiger partial charge in [-0.3, -0.25) is 14.3 Å². The molecule has 0 radical (unpaired) electrons. The van der Waals surface area contributed by atoms with Crippen molar-refractivity contribution in [3.63, 3.8) is 0 Å². The van der Waals surface area contributed by atoms with E-state index in [1.807, 2.05) is 6.07 Å². The molecule has 3 rings (SSSR count). The Hall–Kier alpha value is -2.46. The van der Waals surface area contributed by atoms with Crippen LogP contribution in [-0.2, 0) is 7.05 Å². The lowest BCUT2D eigenvalue weighted by atomic mass is 10.1. The molecule has 2 amide bonds. The predicted octanol–water partition coefficient (Wildman–Crippen LogP) is 1.85. The molecule has 0 fully saturated rings. The molecular weight excluding hydrogens is 324 g/mol. The maximum Gasteiger partial charge on any atom is 0.267 e. The van der Waals surface area contributed by atoms with Gasteiger partial charge in [-0.1, -0.05) is 15.9 Å². The first-order chi connectivity index (χ1) is 9.52. The highest BCUT2D eigenvalue weighted by Gasteiger charge is 2.39. The van der Waals surface area contributed by atoms with Crippen LogP contribution in [0.2, 0.25) is 0 Å². The Bertz CT molecular complexity index is 803. The van der Waals surface area contributed by atoms with Crippen LogP contribution in [0.4, 0.5) is 5.82 Å². The molecule has 20 heavy (non-hydrogen) atoms. The van der Waals surface area contributed by atoms with E-state index in [1.54, 1.807) is 25.2 Å². The summed E-state index contributed by atoms with van der Waals surface area (Å²) in [5.41, 5.74) is 0.799. The number of hydrogen-bond acceptors (Lipinski definition) is 4. The van der Waals surface area contributed by atoms with Gasteiger partial charge in [0.1, 0.15) is 11.6 Å². The van der Waals surface area contributed by atoms with Gasteiger partial charge in [-0.2, -0.15) is 10.4 Å². The highest BCUT2D eigenvalue weighted by molar-refractivity contribution is 9.10. The molecule has 1 aliphatic rings. The first kappa shape index (κ1) is 12.6. The summed E-state index contributed by atoms with van der Waals surface area (Å²) in [6.07, 6.45) is 1.47. The molecule has 0 saturated carbocycles. The van der Waals surface area contributed by atoms with Crippen LogP contribution >= 0.6 is 15.9 Å². The molecule has 1 aromatic heterocycles. The Morgan fingerprint density at radius 3 is 2.65 bits per heavy atom. The van der Waals surface area contributed by atoms with E-state index in [0.29, 0.717) is 15.6 Å². The van der Waals surface area contributed by atoms with E-state index in [0.717, 1.165) is 4.90 Å². The minimum absolute atomic E-state index is 0.0670. The Balaban J connectivity index is 2.17. The van der Waals surface area contributed by atoms with E-state index < -0.39 is 11.8 Å². The van der Waals surface area contributed by atoms with Gasteiger partial charge in [-0.15, -0.1) is 0 Å². The SMILES string of the molecule is Cn1cc(C#N)c(N2C(=O)c3ccc(Br)cc3C2=O)n1. The fraction of sp³-hybridized carbons (Fsp3) is 0.0769. The van der Waals surface area contributed by atoms with Gasteiger partial charge < -0.3 is 0 Å². The summed E-state index contributed by atoms with van der Waals surface area (Å²) in [4.78, 5) is 25.6. The van der Waals surface area contributed by atoms with Gasteiger partial charge in [-0.25, -0.2) is 4.90 Å². The van der Waals surface area contributed by atoms with Crippen LogP contribution in [0.1, 0.15) is 26.3 Å². The quantitative estimate of drug-likeness (QED) is 0.747. The largest absolute Gasteiger partial charge is 0.272 e. The van der Waals surface area contributed by atoms with Crippen molar-refractivity contribution >= 4 is 33.6 Å². The summed E-state index contributed by atoms with van der Waals surface area (Å²) in [5, 5.41) is 13.1. The lowest BCUT2D eigenvalue weighted by Crippen LogP contribution is -2.30. The Morgan fingerprint density at radius 2 is 1.95 bits per heavy atom. The minimum Gasteiger partial charge on any atom is -0.272 e. The van der Waals surface area contributed by atoms with Gasteiger partial charge >= 0.3 is 0 Å². The van der Waals surface area contributed by atoms with Crippen LogP contribution in [0.3, 0.4) is 0 Å². The summed E-state index contributed by atoms with van der Waals surface area (Å²) >= 11 is 3.27.